The van der Waals surface area contributed by atoms with E-state index in [2.05, 4.69) is 13.2 Å². The smallest absolute Gasteiger partial charge is 0.282 e. The van der Waals surface area contributed by atoms with Crippen molar-refractivity contribution in [2.24, 2.45) is 0 Å². The fraction of sp³-hybridized carbons (Fsp3) is 0.200. The van der Waals surface area contributed by atoms with E-state index in [1.165, 1.54) is 0 Å². The van der Waals surface area contributed by atoms with E-state index in [4.69, 9.17) is 9.47 Å². The molecular formula is C20H20O2. The molecule has 1 heterocycles. The topological polar surface area (TPSA) is 18.5 Å². The van der Waals surface area contributed by atoms with Gasteiger partial charge < -0.3 is 9.47 Å². The largest absolute Gasteiger partial charge is 0.444 e. The zero-order valence-corrected chi connectivity index (χ0v) is 12.8. The quantitative estimate of drug-likeness (QED) is 0.722. The van der Waals surface area contributed by atoms with Crippen LogP contribution in [0.2, 0.25) is 0 Å². The van der Waals surface area contributed by atoms with Crippen molar-refractivity contribution in [3.8, 4) is 11.5 Å². The molecule has 2 aromatic carbocycles. The highest BCUT2D eigenvalue weighted by Crippen LogP contribution is 2.47. The molecule has 0 N–H and O–H groups in total. The van der Waals surface area contributed by atoms with E-state index < -0.39 is 5.79 Å². The highest BCUT2D eigenvalue weighted by atomic mass is 16.7. The molecule has 2 heteroatoms. The van der Waals surface area contributed by atoms with E-state index in [1.54, 1.807) is 0 Å². The second kappa shape index (κ2) is 5.72. The minimum absolute atomic E-state index is 0.614. The number of benzene rings is 2. The summed E-state index contributed by atoms with van der Waals surface area (Å²) in [7, 11) is 0. The second-order valence-electron chi connectivity index (χ2n) is 5.73. The van der Waals surface area contributed by atoms with Crippen molar-refractivity contribution >= 4 is 0 Å². The van der Waals surface area contributed by atoms with Crippen LogP contribution >= 0.6 is 0 Å². The monoisotopic (exact) mass is 292 g/mol. The second-order valence-corrected chi connectivity index (χ2v) is 5.73. The van der Waals surface area contributed by atoms with Gasteiger partial charge in [0.15, 0.2) is 11.5 Å². The molecule has 0 fully saturated rings. The van der Waals surface area contributed by atoms with E-state index in [-0.39, 0.29) is 0 Å². The Labute approximate surface area is 131 Å². The van der Waals surface area contributed by atoms with Gasteiger partial charge >= 0.3 is 0 Å². The van der Waals surface area contributed by atoms with Crippen molar-refractivity contribution in [2.45, 2.75) is 25.6 Å². The molecule has 0 bridgehead atoms. The molecule has 3 rings (SSSR count). The standard InChI is InChI=1S/C20H20O2/c1-4-8-16-11-12-18-19(13-16)22-20(21-18,14-15(2)3)17-9-6-5-7-10-17/h4-7,9-13H,1-2,8,14H2,3H3. The van der Waals surface area contributed by atoms with Gasteiger partial charge in [-0.05, 0) is 31.0 Å². The summed E-state index contributed by atoms with van der Waals surface area (Å²) >= 11 is 0. The van der Waals surface area contributed by atoms with Gasteiger partial charge in [0.25, 0.3) is 5.79 Å². The fourth-order valence-electron chi connectivity index (χ4n) is 2.77. The molecule has 0 saturated carbocycles. The molecule has 1 unspecified atom stereocenters. The average Bonchev–Trinajstić information content (AvgIpc) is 2.86. The van der Waals surface area contributed by atoms with Crippen molar-refractivity contribution in [3.63, 3.8) is 0 Å². The lowest BCUT2D eigenvalue weighted by molar-refractivity contribution is -0.0853. The van der Waals surface area contributed by atoms with Gasteiger partial charge in [-0.15, -0.1) is 6.58 Å². The minimum atomic E-state index is -0.817. The van der Waals surface area contributed by atoms with E-state index in [9.17, 15) is 0 Å². The van der Waals surface area contributed by atoms with Gasteiger partial charge in [0, 0.05) is 5.56 Å². The van der Waals surface area contributed by atoms with Gasteiger partial charge in [-0.25, -0.2) is 0 Å². The van der Waals surface area contributed by atoms with Crippen LogP contribution in [0.5, 0.6) is 11.5 Å². The van der Waals surface area contributed by atoms with E-state index in [0.29, 0.717) is 6.42 Å². The minimum Gasteiger partial charge on any atom is -0.444 e. The molecule has 112 valence electrons. The van der Waals surface area contributed by atoms with Crippen LogP contribution in [0.4, 0.5) is 0 Å². The SMILES string of the molecule is C=CCc1ccc2c(c1)OC(CC(=C)C)(c1ccccc1)O2. The maximum atomic E-state index is 6.26. The lowest BCUT2D eigenvalue weighted by atomic mass is 9.99. The van der Waals surface area contributed by atoms with Gasteiger partial charge in [-0.1, -0.05) is 54.6 Å². The molecule has 0 saturated heterocycles. The predicted octanol–water partition coefficient (Wildman–Crippen LogP) is 5.01. The molecule has 2 nitrogen and oxygen atoms in total. The molecule has 22 heavy (non-hydrogen) atoms. The van der Waals surface area contributed by atoms with E-state index in [0.717, 1.165) is 34.6 Å². The Morgan fingerprint density at radius 3 is 2.50 bits per heavy atom. The molecule has 0 radical (unpaired) electrons. The number of hydrogen-bond donors (Lipinski definition) is 0. The molecule has 1 aliphatic rings. The first kappa shape index (κ1) is 14.5. The lowest BCUT2D eigenvalue weighted by Gasteiger charge is -2.28. The van der Waals surface area contributed by atoms with Crippen LogP contribution in [0.1, 0.15) is 24.5 Å². The molecule has 2 aromatic rings. The van der Waals surface area contributed by atoms with Crippen molar-refractivity contribution < 1.29 is 9.47 Å². The highest BCUT2D eigenvalue weighted by Gasteiger charge is 2.43. The number of rotatable bonds is 5. The van der Waals surface area contributed by atoms with Crippen LogP contribution in [0.3, 0.4) is 0 Å². The zero-order chi connectivity index (χ0) is 15.6. The number of ether oxygens (including phenoxy) is 2. The zero-order valence-electron chi connectivity index (χ0n) is 12.8. The number of fused-ring (bicyclic) bond motifs is 1. The molecule has 0 amide bonds. The summed E-state index contributed by atoms with van der Waals surface area (Å²) in [5.41, 5.74) is 3.18. The van der Waals surface area contributed by atoms with Gasteiger partial charge in [0.2, 0.25) is 0 Å². The summed E-state index contributed by atoms with van der Waals surface area (Å²) in [5.74, 6) is 0.741. The maximum Gasteiger partial charge on any atom is 0.282 e. The Hall–Kier alpha value is -2.48. The molecular weight excluding hydrogens is 272 g/mol. The summed E-state index contributed by atoms with van der Waals surface area (Å²) in [6, 6.07) is 16.1. The van der Waals surface area contributed by atoms with Gasteiger partial charge in [0.05, 0.1) is 6.42 Å². The summed E-state index contributed by atoms with van der Waals surface area (Å²) in [4.78, 5) is 0. The molecule has 1 atom stereocenters. The summed E-state index contributed by atoms with van der Waals surface area (Å²) in [6.07, 6.45) is 3.31. The predicted molar refractivity (Wildman–Crippen MR) is 89.2 cm³/mol. The van der Waals surface area contributed by atoms with Crippen LogP contribution in [0, 0.1) is 0 Å². The first-order valence-electron chi connectivity index (χ1n) is 7.45. The third-order valence-electron chi connectivity index (χ3n) is 3.69. The van der Waals surface area contributed by atoms with Crippen LogP contribution in [0.25, 0.3) is 0 Å². The Balaban J connectivity index is 2.00. The molecule has 0 spiro atoms. The lowest BCUT2D eigenvalue weighted by Crippen LogP contribution is -2.35. The van der Waals surface area contributed by atoms with Gasteiger partial charge in [-0.3, -0.25) is 0 Å². The molecule has 0 aliphatic carbocycles. The van der Waals surface area contributed by atoms with Gasteiger partial charge in [-0.2, -0.15) is 0 Å². The van der Waals surface area contributed by atoms with E-state index >= 15 is 0 Å². The number of hydrogen-bond acceptors (Lipinski definition) is 2. The highest BCUT2D eigenvalue weighted by molar-refractivity contribution is 5.48. The fourth-order valence-corrected chi connectivity index (χ4v) is 2.77. The Bertz CT molecular complexity index is 703. The molecule has 0 aromatic heterocycles. The van der Waals surface area contributed by atoms with Crippen molar-refractivity contribution in [1.29, 1.82) is 0 Å². The third-order valence-corrected chi connectivity index (χ3v) is 3.69. The number of allylic oxidation sites excluding steroid dienone is 1. The van der Waals surface area contributed by atoms with Crippen LogP contribution < -0.4 is 9.47 Å². The average molecular weight is 292 g/mol. The Morgan fingerprint density at radius 2 is 1.82 bits per heavy atom. The van der Waals surface area contributed by atoms with E-state index in [1.807, 2.05) is 61.5 Å². The first-order chi connectivity index (χ1) is 10.6. The Kier molecular flexibility index (Phi) is 3.76. The van der Waals surface area contributed by atoms with Crippen molar-refractivity contribution in [2.75, 3.05) is 0 Å². The van der Waals surface area contributed by atoms with Crippen molar-refractivity contribution in [1.82, 2.24) is 0 Å². The third kappa shape index (κ3) is 2.64. The first-order valence-corrected chi connectivity index (χ1v) is 7.45. The van der Waals surface area contributed by atoms with Crippen molar-refractivity contribution in [3.05, 3.63) is 84.5 Å². The van der Waals surface area contributed by atoms with Crippen LogP contribution in [0.15, 0.2) is 73.3 Å². The normalized spacial score (nSPS) is 19.0. The maximum absolute atomic E-state index is 6.26. The summed E-state index contributed by atoms with van der Waals surface area (Å²) in [6.45, 7) is 9.80. The summed E-state index contributed by atoms with van der Waals surface area (Å²) in [5, 5.41) is 0. The van der Waals surface area contributed by atoms with Crippen LogP contribution in [-0.4, -0.2) is 0 Å². The molecule has 1 aliphatic heterocycles. The van der Waals surface area contributed by atoms with Crippen LogP contribution in [-0.2, 0) is 12.2 Å². The Morgan fingerprint density at radius 1 is 1.09 bits per heavy atom. The summed E-state index contributed by atoms with van der Waals surface area (Å²) < 4.78 is 12.5. The van der Waals surface area contributed by atoms with Gasteiger partial charge in [0.1, 0.15) is 0 Å².